The van der Waals surface area contributed by atoms with E-state index in [1.165, 1.54) is 28.7 Å². The van der Waals surface area contributed by atoms with Crippen LogP contribution in [0.2, 0.25) is 0 Å². The summed E-state index contributed by atoms with van der Waals surface area (Å²) in [6.45, 7) is 7.34. The zero-order chi connectivity index (χ0) is 15.8. The molecule has 0 radical (unpaired) electrons. The Bertz CT molecular complexity index is 809. The Hall–Kier alpha value is -2.02. The van der Waals surface area contributed by atoms with Crippen LogP contribution in [0.15, 0.2) is 19.0 Å². The molecule has 1 atom stereocenters. The summed E-state index contributed by atoms with van der Waals surface area (Å²) >= 11 is 1.76. The van der Waals surface area contributed by atoms with Gasteiger partial charge in [0, 0.05) is 24.5 Å². The van der Waals surface area contributed by atoms with E-state index < -0.39 is 0 Å². The zero-order valence-corrected chi connectivity index (χ0v) is 14.3. The first-order chi connectivity index (χ1) is 11.2. The number of hydrogen-bond acceptors (Lipinski definition) is 6. The molecule has 1 fully saturated rings. The number of anilines is 1. The van der Waals surface area contributed by atoms with E-state index in [1.54, 1.807) is 30.3 Å². The predicted octanol–water partition coefficient (Wildman–Crippen LogP) is 2.82. The summed E-state index contributed by atoms with van der Waals surface area (Å²) < 4.78 is 1.93. The van der Waals surface area contributed by atoms with Crippen LogP contribution in [-0.2, 0) is 6.54 Å². The highest BCUT2D eigenvalue weighted by Crippen LogP contribution is 2.35. The van der Waals surface area contributed by atoms with Gasteiger partial charge in [0.15, 0.2) is 0 Å². The number of thiophene rings is 1. The molecule has 23 heavy (non-hydrogen) atoms. The molecular formula is C16H20N6S. The van der Waals surface area contributed by atoms with Gasteiger partial charge in [-0.05, 0) is 38.2 Å². The first-order valence-electron chi connectivity index (χ1n) is 8.00. The first-order valence-corrected chi connectivity index (χ1v) is 8.82. The third-order valence-corrected chi connectivity index (χ3v) is 5.79. The maximum Gasteiger partial charge on any atom is 0.141 e. The van der Waals surface area contributed by atoms with Crippen molar-refractivity contribution in [1.82, 2.24) is 24.7 Å². The monoisotopic (exact) mass is 328 g/mol. The van der Waals surface area contributed by atoms with Crippen molar-refractivity contribution in [2.45, 2.75) is 33.2 Å². The lowest BCUT2D eigenvalue weighted by Gasteiger charge is -2.33. The van der Waals surface area contributed by atoms with Crippen LogP contribution in [0.1, 0.15) is 23.3 Å². The van der Waals surface area contributed by atoms with E-state index >= 15 is 0 Å². The van der Waals surface area contributed by atoms with Crippen molar-refractivity contribution < 1.29 is 0 Å². The van der Waals surface area contributed by atoms with Crippen molar-refractivity contribution in [3.05, 3.63) is 29.4 Å². The highest BCUT2D eigenvalue weighted by Gasteiger charge is 2.24. The molecule has 0 unspecified atom stereocenters. The van der Waals surface area contributed by atoms with Gasteiger partial charge in [-0.3, -0.25) is 4.68 Å². The van der Waals surface area contributed by atoms with Crippen LogP contribution >= 0.6 is 11.3 Å². The summed E-state index contributed by atoms with van der Waals surface area (Å²) in [6.07, 6.45) is 7.52. The highest BCUT2D eigenvalue weighted by molar-refractivity contribution is 7.18. The Kier molecular flexibility index (Phi) is 3.72. The van der Waals surface area contributed by atoms with E-state index in [0.29, 0.717) is 5.92 Å². The maximum absolute atomic E-state index is 4.62. The standard InChI is InChI=1S/C16H20N6S/c1-11-12(2)23-16-14(11)15(18-9-19-16)21-5-3-4-13(6-21)7-22-10-17-8-20-22/h8-10,13H,3-7H2,1-2H3/t13-/m1/s1. The van der Waals surface area contributed by atoms with E-state index in [0.717, 1.165) is 30.3 Å². The van der Waals surface area contributed by atoms with Crippen LogP contribution in [-0.4, -0.2) is 37.8 Å². The Morgan fingerprint density at radius 1 is 1.26 bits per heavy atom. The minimum absolute atomic E-state index is 0.579. The second kappa shape index (κ2) is 5.88. The molecule has 0 N–H and O–H groups in total. The molecule has 6 nitrogen and oxygen atoms in total. The van der Waals surface area contributed by atoms with Gasteiger partial charge in [-0.2, -0.15) is 5.10 Å². The summed E-state index contributed by atoms with van der Waals surface area (Å²) in [5, 5.41) is 5.47. The molecule has 0 spiro atoms. The van der Waals surface area contributed by atoms with Gasteiger partial charge in [0.25, 0.3) is 0 Å². The third kappa shape index (κ3) is 2.69. The van der Waals surface area contributed by atoms with Crippen molar-refractivity contribution in [2.75, 3.05) is 18.0 Å². The summed E-state index contributed by atoms with van der Waals surface area (Å²) in [5.74, 6) is 1.68. The van der Waals surface area contributed by atoms with Gasteiger partial charge < -0.3 is 4.90 Å². The smallest absolute Gasteiger partial charge is 0.141 e. The number of aryl methyl sites for hydroxylation is 2. The Morgan fingerprint density at radius 2 is 2.17 bits per heavy atom. The van der Waals surface area contributed by atoms with Crippen LogP contribution in [0.5, 0.6) is 0 Å². The van der Waals surface area contributed by atoms with E-state index in [2.05, 4.69) is 38.8 Å². The zero-order valence-electron chi connectivity index (χ0n) is 13.4. The van der Waals surface area contributed by atoms with Crippen molar-refractivity contribution >= 4 is 27.4 Å². The lowest BCUT2D eigenvalue weighted by molar-refractivity contribution is 0.350. The van der Waals surface area contributed by atoms with Gasteiger partial charge >= 0.3 is 0 Å². The molecule has 1 saturated heterocycles. The fourth-order valence-electron chi connectivity index (χ4n) is 3.40. The summed E-state index contributed by atoms with van der Waals surface area (Å²) in [6, 6.07) is 0. The lowest BCUT2D eigenvalue weighted by atomic mass is 9.97. The minimum Gasteiger partial charge on any atom is -0.356 e. The van der Waals surface area contributed by atoms with Crippen LogP contribution in [0.4, 0.5) is 5.82 Å². The minimum atomic E-state index is 0.579. The molecule has 7 heteroatoms. The van der Waals surface area contributed by atoms with Crippen molar-refractivity contribution in [1.29, 1.82) is 0 Å². The maximum atomic E-state index is 4.62. The van der Waals surface area contributed by atoms with Gasteiger partial charge in [0.05, 0.1) is 5.39 Å². The number of fused-ring (bicyclic) bond motifs is 1. The molecule has 120 valence electrons. The first kappa shape index (κ1) is 14.6. The van der Waals surface area contributed by atoms with Gasteiger partial charge in [-0.1, -0.05) is 0 Å². The Morgan fingerprint density at radius 3 is 3.00 bits per heavy atom. The van der Waals surface area contributed by atoms with Crippen LogP contribution in [0.25, 0.3) is 10.2 Å². The molecule has 4 rings (SSSR count). The van der Waals surface area contributed by atoms with Gasteiger partial charge in [-0.15, -0.1) is 11.3 Å². The molecule has 3 aromatic heterocycles. The van der Waals surface area contributed by atoms with Gasteiger partial charge in [0.1, 0.15) is 29.6 Å². The Labute approximate surface area is 139 Å². The molecule has 0 amide bonds. The molecule has 1 aliphatic heterocycles. The highest BCUT2D eigenvalue weighted by atomic mass is 32.1. The molecule has 4 heterocycles. The SMILES string of the molecule is Cc1sc2ncnc(N3CCC[C@@H](Cn4cncn4)C3)c2c1C. The average molecular weight is 328 g/mol. The number of hydrogen-bond donors (Lipinski definition) is 0. The van der Waals surface area contributed by atoms with Crippen LogP contribution in [0.3, 0.4) is 0 Å². The Balaban J connectivity index is 1.62. The second-order valence-corrected chi connectivity index (χ2v) is 7.44. The number of nitrogens with zero attached hydrogens (tertiary/aromatic N) is 6. The fourth-order valence-corrected chi connectivity index (χ4v) is 4.39. The largest absolute Gasteiger partial charge is 0.356 e. The number of rotatable bonds is 3. The predicted molar refractivity (Wildman–Crippen MR) is 91.8 cm³/mol. The summed E-state index contributed by atoms with van der Waals surface area (Å²) in [5.41, 5.74) is 1.32. The average Bonchev–Trinajstić information content (AvgIpc) is 3.16. The van der Waals surface area contributed by atoms with Crippen molar-refractivity contribution in [3.8, 4) is 0 Å². The third-order valence-electron chi connectivity index (χ3n) is 4.68. The molecule has 1 aliphatic rings. The normalized spacial score (nSPS) is 18.7. The quantitative estimate of drug-likeness (QED) is 0.740. The number of piperidine rings is 1. The molecule has 0 bridgehead atoms. The summed E-state index contributed by atoms with van der Waals surface area (Å²) in [4.78, 5) is 18.0. The van der Waals surface area contributed by atoms with Gasteiger partial charge in [0.2, 0.25) is 0 Å². The number of aromatic nitrogens is 5. The molecular weight excluding hydrogens is 308 g/mol. The molecule has 0 aliphatic carbocycles. The van der Waals surface area contributed by atoms with E-state index in [-0.39, 0.29) is 0 Å². The van der Waals surface area contributed by atoms with E-state index in [4.69, 9.17) is 0 Å². The molecule has 0 saturated carbocycles. The van der Waals surface area contributed by atoms with Gasteiger partial charge in [-0.25, -0.2) is 15.0 Å². The molecule has 3 aromatic rings. The van der Waals surface area contributed by atoms with Crippen LogP contribution in [0, 0.1) is 19.8 Å². The topological polar surface area (TPSA) is 59.7 Å². The molecule has 0 aromatic carbocycles. The lowest BCUT2D eigenvalue weighted by Crippen LogP contribution is -2.37. The summed E-state index contributed by atoms with van der Waals surface area (Å²) in [7, 11) is 0. The van der Waals surface area contributed by atoms with Crippen molar-refractivity contribution in [3.63, 3.8) is 0 Å². The van der Waals surface area contributed by atoms with E-state index in [9.17, 15) is 0 Å². The second-order valence-electron chi connectivity index (χ2n) is 6.23. The van der Waals surface area contributed by atoms with E-state index in [1.807, 2.05) is 4.68 Å². The van der Waals surface area contributed by atoms with Crippen molar-refractivity contribution in [2.24, 2.45) is 5.92 Å². The van der Waals surface area contributed by atoms with Crippen LogP contribution < -0.4 is 4.90 Å². The fraction of sp³-hybridized carbons (Fsp3) is 0.500.